The number of anilines is 1. The molecule has 0 spiro atoms. The van der Waals surface area contributed by atoms with Gasteiger partial charge in [0, 0.05) is 18.0 Å². The highest BCUT2D eigenvalue weighted by molar-refractivity contribution is 7.99. The third-order valence-corrected chi connectivity index (χ3v) is 3.25. The Balaban J connectivity index is 2.00. The van der Waals surface area contributed by atoms with Crippen LogP contribution < -0.4 is 5.32 Å². The van der Waals surface area contributed by atoms with Crippen LogP contribution in [-0.2, 0) is 0 Å². The van der Waals surface area contributed by atoms with Gasteiger partial charge in [-0.1, -0.05) is 0 Å². The molecule has 1 aromatic rings. The second kappa shape index (κ2) is 4.15. The maximum absolute atomic E-state index is 5.66. The average Bonchev–Trinajstić information content (AvgIpc) is 2.57. The van der Waals surface area contributed by atoms with E-state index in [-0.39, 0.29) is 0 Å². The Bertz CT molecular complexity index is 288. The summed E-state index contributed by atoms with van der Waals surface area (Å²) < 4.78 is 0. The molecule has 1 aromatic heterocycles. The Hall–Kier alpha value is -0.480. The van der Waals surface area contributed by atoms with E-state index in [0.29, 0.717) is 11.3 Å². The van der Waals surface area contributed by atoms with Gasteiger partial charge in [-0.05, 0) is 29.8 Å². The predicted molar refractivity (Wildman–Crippen MR) is 56.4 cm³/mol. The zero-order valence-corrected chi connectivity index (χ0v) is 8.61. The van der Waals surface area contributed by atoms with Gasteiger partial charge in [0.2, 0.25) is 5.28 Å². The molecule has 1 unspecified atom stereocenters. The lowest BCUT2D eigenvalue weighted by atomic mass is 10.2. The van der Waals surface area contributed by atoms with Gasteiger partial charge in [-0.25, -0.2) is 9.97 Å². The van der Waals surface area contributed by atoms with Crippen LogP contribution in [0.4, 0.5) is 5.82 Å². The largest absolute Gasteiger partial charge is 0.366 e. The first kappa shape index (κ1) is 9.09. The molecule has 1 fully saturated rings. The normalized spacial score (nSPS) is 21.8. The van der Waals surface area contributed by atoms with E-state index in [9.17, 15) is 0 Å². The fraction of sp³-hybridized carbons (Fsp3) is 0.500. The van der Waals surface area contributed by atoms with Gasteiger partial charge in [-0.15, -0.1) is 0 Å². The molecule has 1 atom stereocenters. The Labute approximate surface area is 86.3 Å². The lowest BCUT2D eigenvalue weighted by Gasteiger charge is -2.10. The molecule has 2 heterocycles. The fourth-order valence-corrected chi connectivity index (χ4v) is 2.57. The topological polar surface area (TPSA) is 37.8 Å². The van der Waals surface area contributed by atoms with Crippen molar-refractivity contribution in [2.24, 2.45) is 0 Å². The monoisotopic (exact) mass is 215 g/mol. The summed E-state index contributed by atoms with van der Waals surface area (Å²) in [6.45, 7) is 0. The molecule has 0 amide bonds. The van der Waals surface area contributed by atoms with E-state index in [1.54, 1.807) is 6.20 Å². The second-order valence-corrected chi connectivity index (χ2v) is 4.40. The van der Waals surface area contributed by atoms with Crippen molar-refractivity contribution >= 4 is 29.2 Å². The van der Waals surface area contributed by atoms with E-state index >= 15 is 0 Å². The van der Waals surface area contributed by atoms with Gasteiger partial charge in [0.15, 0.2) is 0 Å². The van der Waals surface area contributed by atoms with Crippen molar-refractivity contribution in [3.63, 3.8) is 0 Å². The summed E-state index contributed by atoms with van der Waals surface area (Å²) in [5, 5.41) is 3.63. The van der Waals surface area contributed by atoms with Gasteiger partial charge in [-0.3, -0.25) is 0 Å². The van der Waals surface area contributed by atoms with E-state index in [2.05, 4.69) is 15.3 Å². The number of hydrogen-bond acceptors (Lipinski definition) is 4. The standard InChI is InChI=1S/C8H10ClN3S/c9-8-10-3-1-7(12-8)11-6-2-4-13-5-6/h1,3,6H,2,4-5H2,(H,10,11,12). The minimum absolute atomic E-state index is 0.302. The Morgan fingerprint density at radius 3 is 3.23 bits per heavy atom. The lowest BCUT2D eigenvalue weighted by Crippen LogP contribution is -2.18. The van der Waals surface area contributed by atoms with Gasteiger partial charge in [0.25, 0.3) is 0 Å². The van der Waals surface area contributed by atoms with Crippen LogP contribution in [0.2, 0.25) is 5.28 Å². The zero-order chi connectivity index (χ0) is 9.10. The highest BCUT2D eigenvalue weighted by atomic mass is 35.5. The van der Waals surface area contributed by atoms with Crippen LogP contribution in [0.5, 0.6) is 0 Å². The molecule has 1 aliphatic rings. The smallest absolute Gasteiger partial charge is 0.224 e. The highest BCUT2D eigenvalue weighted by Gasteiger charge is 2.15. The van der Waals surface area contributed by atoms with Gasteiger partial charge < -0.3 is 5.32 Å². The number of hydrogen-bond donors (Lipinski definition) is 1. The average molecular weight is 216 g/mol. The van der Waals surface area contributed by atoms with Gasteiger partial charge in [0.1, 0.15) is 5.82 Å². The van der Waals surface area contributed by atoms with E-state index in [1.165, 1.54) is 12.2 Å². The van der Waals surface area contributed by atoms with Crippen molar-refractivity contribution in [3.8, 4) is 0 Å². The summed E-state index contributed by atoms with van der Waals surface area (Å²) in [5.74, 6) is 3.21. The summed E-state index contributed by atoms with van der Waals surface area (Å²) in [7, 11) is 0. The van der Waals surface area contributed by atoms with Crippen LogP contribution >= 0.6 is 23.4 Å². The minimum Gasteiger partial charge on any atom is -0.366 e. The number of thioether (sulfide) groups is 1. The molecule has 0 saturated carbocycles. The Morgan fingerprint density at radius 1 is 1.62 bits per heavy atom. The quantitative estimate of drug-likeness (QED) is 0.767. The molecule has 70 valence electrons. The lowest BCUT2D eigenvalue weighted by molar-refractivity contribution is 0.805. The number of nitrogens with zero attached hydrogens (tertiary/aromatic N) is 2. The first-order chi connectivity index (χ1) is 6.34. The van der Waals surface area contributed by atoms with Gasteiger partial charge in [0.05, 0.1) is 0 Å². The number of rotatable bonds is 2. The minimum atomic E-state index is 0.302. The molecule has 1 saturated heterocycles. The number of halogens is 1. The zero-order valence-electron chi connectivity index (χ0n) is 7.03. The summed E-state index contributed by atoms with van der Waals surface area (Å²) in [4.78, 5) is 7.89. The Kier molecular flexibility index (Phi) is 2.90. The molecule has 2 rings (SSSR count). The fourth-order valence-electron chi connectivity index (χ4n) is 1.27. The summed E-state index contributed by atoms with van der Waals surface area (Å²) in [6.07, 6.45) is 2.87. The molecular formula is C8H10ClN3S. The van der Waals surface area contributed by atoms with Crippen molar-refractivity contribution in [3.05, 3.63) is 17.5 Å². The first-order valence-electron chi connectivity index (χ1n) is 4.17. The van der Waals surface area contributed by atoms with Crippen LogP contribution in [0.15, 0.2) is 12.3 Å². The first-order valence-corrected chi connectivity index (χ1v) is 5.71. The predicted octanol–water partition coefficient (Wildman–Crippen LogP) is 2.05. The molecule has 0 aromatic carbocycles. The van der Waals surface area contributed by atoms with Crippen molar-refractivity contribution in [1.82, 2.24) is 9.97 Å². The third kappa shape index (κ3) is 2.48. The van der Waals surface area contributed by atoms with Crippen molar-refractivity contribution < 1.29 is 0 Å². The van der Waals surface area contributed by atoms with E-state index < -0.39 is 0 Å². The summed E-state index contributed by atoms with van der Waals surface area (Å²) in [6, 6.07) is 2.38. The van der Waals surface area contributed by atoms with Gasteiger partial charge >= 0.3 is 0 Å². The Morgan fingerprint density at radius 2 is 2.54 bits per heavy atom. The third-order valence-electron chi connectivity index (χ3n) is 1.91. The molecule has 0 radical (unpaired) electrons. The van der Waals surface area contributed by atoms with E-state index in [1.807, 2.05) is 17.8 Å². The molecule has 13 heavy (non-hydrogen) atoms. The molecule has 1 N–H and O–H groups in total. The maximum atomic E-state index is 5.66. The second-order valence-electron chi connectivity index (χ2n) is 2.92. The van der Waals surface area contributed by atoms with E-state index in [0.717, 1.165) is 11.6 Å². The molecule has 5 heteroatoms. The SMILES string of the molecule is Clc1nccc(NC2CCSC2)n1. The molecule has 0 bridgehead atoms. The van der Waals surface area contributed by atoms with Crippen LogP contribution in [-0.4, -0.2) is 27.5 Å². The maximum Gasteiger partial charge on any atom is 0.224 e. The van der Waals surface area contributed by atoms with Gasteiger partial charge in [-0.2, -0.15) is 11.8 Å². The van der Waals surface area contributed by atoms with Crippen molar-refractivity contribution in [1.29, 1.82) is 0 Å². The van der Waals surface area contributed by atoms with Crippen LogP contribution in [0.3, 0.4) is 0 Å². The summed E-state index contributed by atoms with van der Waals surface area (Å²) >= 11 is 7.63. The number of nitrogens with one attached hydrogen (secondary N) is 1. The molecule has 0 aliphatic carbocycles. The molecule has 1 aliphatic heterocycles. The van der Waals surface area contributed by atoms with Crippen molar-refractivity contribution in [2.45, 2.75) is 12.5 Å². The van der Waals surface area contributed by atoms with E-state index in [4.69, 9.17) is 11.6 Å². The molecular weight excluding hydrogens is 206 g/mol. The summed E-state index contributed by atoms with van der Waals surface area (Å²) in [5.41, 5.74) is 0. The van der Waals surface area contributed by atoms with Crippen LogP contribution in [0.1, 0.15) is 6.42 Å². The van der Waals surface area contributed by atoms with Crippen LogP contribution in [0, 0.1) is 0 Å². The highest BCUT2D eigenvalue weighted by Crippen LogP contribution is 2.20. The number of aromatic nitrogens is 2. The molecule has 3 nitrogen and oxygen atoms in total. The van der Waals surface area contributed by atoms with Crippen LogP contribution in [0.25, 0.3) is 0 Å². The van der Waals surface area contributed by atoms with Crippen molar-refractivity contribution in [2.75, 3.05) is 16.8 Å².